The highest BCUT2D eigenvalue weighted by Crippen LogP contribution is 2.51. The van der Waals surface area contributed by atoms with E-state index in [9.17, 15) is 0 Å². The summed E-state index contributed by atoms with van der Waals surface area (Å²) in [5.41, 5.74) is 10.6. The summed E-state index contributed by atoms with van der Waals surface area (Å²) in [5, 5.41) is 7.45. The first kappa shape index (κ1) is 18.5. The normalized spacial score (nSPS) is 12.4. The van der Waals surface area contributed by atoms with Crippen molar-refractivity contribution >= 4 is 54.5 Å². The fraction of sp³-hybridized carbons (Fsp3) is 0. The van der Waals surface area contributed by atoms with Gasteiger partial charge in [0.1, 0.15) is 5.58 Å². The van der Waals surface area contributed by atoms with E-state index in [4.69, 9.17) is 4.42 Å². The van der Waals surface area contributed by atoms with Crippen LogP contribution < -0.4 is 0 Å². The van der Waals surface area contributed by atoms with Crippen molar-refractivity contribution in [3.05, 3.63) is 115 Å². The van der Waals surface area contributed by atoms with Gasteiger partial charge in [-0.1, -0.05) is 91.0 Å². The lowest BCUT2D eigenvalue weighted by Crippen LogP contribution is -1.95. The van der Waals surface area contributed by atoms with Gasteiger partial charge in [-0.05, 0) is 51.9 Å². The van der Waals surface area contributed by atoms with Crippen LogP contribution in [0.2, 0.25) is 0 Å². The molecule has 0 atom stereocenters. The topological polar surface area (TPSA) is 18.1 Å². The first-order valence-electron chi connectivity index (χ1n) is 12.4. The van der Waals surface area contributed by atoms with Gasteiger partial charge in [0.05, 0.1) is 16.7 Å². The fourth-order valence-electron chi connectivity index (χ4n) is 6.48. The van der Waals surface area contributed by atoms with Crippen molar-refractivity contribution in [1.82, 2.24) is 4.57 Å². The number of para-hydroxylation sites is 3. The van der Waals surface area contributed by atoms with Crippen LogP contribution in [-0.2, 0) is 0 Å². The first-order chi connectivity index (χ1) is 17.9. The van der Waals surface area contributed by atoms with Crippen molar-refractivity contribution in [1.29, 1.82) is 0 Å². The number of hydrogen-bond acceptors (Lipinski definition) is 1. The average Bonchev–Trinajstić information content (AvgIpc) is 3.58. The third-order valence-corrected chi connectivity index (χ3v) is 7.92. The van der Waals surface area contributed by atoms with Crippen molar-refractivity contribution in [2.75, 3.05) is 0 Å². The van der Waals surface area contributed by atoms with Crippen LogP contribution in [0.3, 0.4) is 0 Å². The lowest BCUT2D eigenvalue weighted by atomic mass is 9.99. The van der Waals surface area contributed by atoms with Gasteiger partial charge in [0.25, 0.3) is 0 Å². The zero-order chi connectivity index (χ0) is 23.4. The average molecular weight is 458 g/mol. The van der Waals surface area contributed by atoms with Gasteiger partial charge in [-0.15, -0.1) is 0 Å². The van der Waals surface area contributed by atoms with Crippen molar-refractivity contribution in [3.63, 3.8) is 0 Å². The number of benzene rings is 6. The maximum absolute atomic E-state index is 6.51. The van der Waals surface area contributed by atoms with E-state index in [1.165, 1.54) is 54.8 Å². The Balaban J connectivity index is 1.53. The molecule has 0 radical (unpaired) electrons. The molecule has 8 aromatic rings. The van der Waals surface area contributed by atoms with Crippen molar-refractivity contribution in [3.8, 4) is 27.9 Å². The van der Waals surface area contributed by atoms with Crippen LogP contribution in [-0.4, -0.2) is 4.57 Å². The van der Waals surface area contributed by atoms with E-state index in [0.717, 1.165) is 27.6 Å². The lowest BCUT2D eigenvalue weighted by Gasteiger charge is -2.11. The Morgan fingerprint density at radius 2 is 1.14 bits per heavy atom. The largest absolute Gasteiger partial charge is 0.454 e. The monoisotopic (exact) mass is 457 g/mol. The second-order valence-electron chi connectivity index (χ2n) is 9.70. The summed E-state index contributed by atoms with van der Waals surface area (Å²) in [6.07, 6.45) is 0. The van der Waals surface area contributed by atoms with Crippen LogP contribution in [0.25, 0.3) is 82.5 Å². The molecule has 166 valence electrons. The van der Waals surface area contributed by atoms with Crippen LogP contribution >= 0.6 is 0 Å². The minimum absolute atomic E-state index is 0.920. The van der Waals surface area contributed by atoms with Crippen LogP contribution in [0, 0.1) is 0 Å². The van der Waals surface area contributed by atoms with Gasteiger partial charge in [-0.2, -0.15) is 0 Å². The van der Waals surface area contributed by atoms with E-state index in [2.05, 4.69) is 114 Å². The predicted molar refractivity (Wildman–Crippen MR) is 150 cm³/mol. The second kappa shape index (κ2) is 6.44. The molecule has 0 spiro atoms. The molecular weight excluding hydrogens is 438 g/mol. The van der Waals surface area contributed by atoms with Crippen LogP contribution in [0.1, 0.15) is 0 Å². The summed E-state index contributed by atoms with van der Waals surface area (Å²) >= 11 is 0. The molecule has 1 aliphatic carbocycles. The highest BCUT2D eigenvalue weighted by atomic mass is 16.3. The molecular formula is C34H19NO. The molecule has 0 bridgehead atoms. The van der Waals surface area contributed by atoms with Crippen LogP contribution in [0.5, 0.6) is 0 Å². The van der Waals surface area contributed by atoms with Gasteiger partial charge in [0.2, 0.25) is 0 Å². The van der Waals surface area contributed by atoms with Gasteiger partial charge >= 0.3 is 0 Å². The molecule has 0 saturated heterocycles. The van der Waals surface area contributed by atoms with E-state index in [0.29, 0.717) is 0 Å². The molecule has 2 heteroatoms. The second-order valence-corrected chi connectivity index (χ2v) is 9.70. The summed E-state index contributed by atoms with van der Waals surface area (Å²) in [6, 6.07) is 41.5. The molecule has 2 heterocycles. The van der Waals surface area contributed by atoms with E-state index < -0.39 is 0 Å². The zero-order valence-electron chi connectivity index (χ0n) is 19.3. The Labute approximate surface area is 206 Å². The SMILES string of the molecule is c1ccc2c(c1)-c1cccc3c1c-2cc1c2ccccc2n(-c2cccc4c2oc2ccccc24)c31. The number of nitrogens with zero attached hydrogens (tertiary/aromatic N) is 1. The molecule has 1 aliphatic rings. The van der Waals surface area contributed by atoms with Gasteiger partial charge in [0, 0.05) is 26.9 Å². The molecule has 2 nitrogen and oxygen atoms in total. The zero-order valence-corrected chi connectivity index (χ0v) is 19.3. The highest BCUT2D eigenvalue weighted by molar-refractivity contribution is 6.28. The quantitative estimate of drug-likeness (QED) is 0.240. The smallest absolute Gasteiger partial charge is 0.159 e. The van der Waals surface area contributed by atoms with Gasteiger partial charge in [0.15, 0.2) is 5.58 Å². The molecule has 0 amide bonds. The number of furan rings is 1. The summed E-state index contributed by atoms with van der Waals surface area (Å²) in [4.78, 5) is 0. The maximum Gasteiger partial charge on any atom is 0.159 e. The third-order valence-electron chi connectivity index (χ3n) is 7.92. The summed E-state index contributed by atoms with van der Waals surface area (Å²) in [6.45, 7) is 0. The molecule has 0 fully saturated rings. The number of hydrogen-bond donors (Lipinski definition) is 0. The van der Waals surface area contributed by atoms with Crippen LogP contribution in [0.15, 0.2) is 120 Å². The Hall–Kier alpha value is -4.82. The van der Waals surface area contributed by atoms with Crippen molar-refractivity contribution in [2.24, 2.45) is 0 Å². The van der Waals surface area contributed by atoms with Crippen LogP contribution in [0.4, 0.5) is 0 Å². The number of fused-ring (bicyclic) bond motifs is 10. The minimum Gasteiger partial charge on any atom is -0.454 e. The van der Waals surface area contributed by atoms with E-state index in [1.807, 2.05) is 6.07 Å². The van der Waals surface area contributed by atoms with Crippen molar-refractivity contribution < 1.29 is 4.42 Å². The predicted octanol–water partition coefficient (Wildman–Crippen LogP) is 9.48. The highest BCUT2D eigenvalue weighted by Gasteiger charge is 2.26. The van der Waals surface area contributed by atoms with E-state index in [1.54, 1.807) is 0 Å². The molecule has 6 aromatic carbocycles. The first-order valence-corrected chi connectivity index (χ1v) is 12.4. The Kier molecular flexibility index (Phi) is 3.31. The third kappa shape index (κ3) is 2.14. The molecule has 36 heavy (non-hydrogen) atoms. The Morgan fingerprint density at radius 1 is 0.472 bits per heavy atom. The Bertz CT molecular complexity index is 2210. The molecule has 0 unspecified atom stereocenters. The molecule has 0 saturated carbocycles. The molecule has 0 aliphatic heterocycles. The standard InChI is InChI=1S/C34H19NO/c1-2-10-21-20(9-1)24-13-7-15-26-32(24)27(21)19-28-22-11-3-5-16-29(22)35(33(26)28)30-17-8-14-25-23-12-4-6-18-31(23)36-34(25)30/h1-19H. The summed E-state index contributed by atoms with van der Waals surface area (Å²) in [7, 11) is 0. The van der Waals surface area contributed by atoms with Gasteiger partial charge in [-0.25, -0.2) is 0 Å². The minimum atomic E-state index is 0.920. The molecule has 0 N–H and O–H groups in total. The number of aromatic nitrogens is 1. The molecule has 2 aromatic heterocycles. The van der Waals surface area contributed by atoms with Gasteiger partial charge < -0.3 is 8.98 Å². The summed E-state index contributed by atoms with van der Waals surface area (Å²) < 4.78 is 8.92. The Morgan fingerprint density at radius 3 is 2.06 bits per heavy atom. The molecule has 9 rings (SSSR count). The fourth-order valence-corrected chi connectivity index (χ4v) is 6.48. The van der Waals surface area contributed by atoms with Crippen molar-refractivity contribution in [2.45, 2.75) is 0 Å². The van der Waals surface area contributed by atoms with E-state index in [-0.39, 0.29) is 0 Å². The lowest BCUT2D eigenvalue weighted by molar-refractivity contribution is 0.666. The van der Waals surface area contributed by atoms with E-state index >= 15 is 0 Å². The number of rotatable bonds is 1. The maximum atomic E-state index is 6.51. The summed E-state index contributed by atoms with van der Waals surface area (Å²) in [5.74, 6) is 0. The van der Waals surface area contributed by atoms with Gasteiger partial charge in [-0.3, -0.25) is 0 Å².